The maximum Gasteiger partial charge on any atom is 0.312 e. The summed E-state index contributed by atoms with van der Waals surface area (Å²) in [5.41, 5.74) is -3.86. The van der Waals surface area contributed by atoms with Gasteiger partial charge in [0, 0.05) is 32.3 Å². The Kier molecular flexibility index (Phi) is 10.5. The van der Waals surface area contributed by atoms with Gasteiger partial charge in [-0.2, -0.15) is 0 Å². The number of carbonyl (C=O) groups is 1. The van der Waals surface area contributed by atoms with Gasteiger partial charge in [0.25, 0.3) is 6.29 Å². The molecule has 0 amide bonds. The molecule has 3 aromatic rings. The summed E-state index contributed by atoms with van der Waals surface area (Å²) in [5.74, 6) is -1.90. The Balaban J connectivity index is 1.51. The molecule has 0 spiro atoms. The smallest absolute Gasteiger partial charge is 0.312 e. The van der Waals surface area contributed by atoms with Gasteiger partial charge in [-0.15, -0.1) is 0 Å². The Morgan fingerprint density at radius 3 is 2.27 bits per heavy atom. The zero-order valence-electron chi connectivity index (χ0n) is 29.6. The molecule has 0 bridgehead atoms. The molecule has 0 unspecified atom stereocenters. The largest absolute Gasteiger partial charge is 0.497 e. The third-order valence-electron chi connectivity index (χ3n) is 10.5. The van der Waals surface area contributed by atoms with Crippen molar-refractivity contribution in [3.8, 4) is 23.0 Å². The van der Waals surface area contributed by atoms with Crippen molar-refractivity contribution in [2.45, 2.75) is 67.3 Å². The van der Waals surface area contributed by atoms with Gasteiger partial charge in [0.2, 0.25) is 6.29 Å². The zero-order chi connectivity index (χ0) is 36.6. The fraction of sp³-hybridized carbons (Fsp3) is 0.500. The minimum absolute atomic E-state index is 0.0897. The van der Waals surface area contributed by atoms with Gasteiger partial charge in [-0.05, 0) is 29.7 Å². The van der Waals surface area contributed by atoms with Crippen molar-refractivity contribution in [2.24, 2.45) is 5.92 Å². The first-order valence-electron chi connectivity index (χ1n) is 16.8. The highest BCUT2D eigenvalue weighted by Gasteiger charge is 2.78. The minimum atomic E-state index is -2.25. The number of carbonyl (C=O) groups excluding carboxylic acids is 1. The molecule has 13 heteroatoms. The quantitative estimate of drug-likeness (QED) is 0.222. The third kappa shape index (κ3) is 5.71. The lowest BCUT2D eigenvalue weighted by molar-refractivity contribution is -0.361. The molecule has 13 nitrogen and oxygen atoms in total. The van der Waals surface area contributed by atoms with Crippen LogP contribution in [0.2, 0.25) is 0 Å². The van der Waals surface area contributed by atoms with Gasteiger partial charge >= 0.3 is 5.97 Å². The normalized spacial score (nSPS) is 31.6. The Labute approximate surface area is 296 Å². The number of benzene rings is 3. The van der Waals surface area contributed by atoms with E-state index in [1.54, 1.807) is 30.3 Å². The molecule has 2 heterocycles. The van der Waals surface area contributed by atoms with Crippen molar-refractivity contribution in [3.05, 3.63) is 83.4 Å². The molecule has 3 aliphatic rings. The molecule has 0 aromatic heterocycles. The van der Waals surface area contributed by atoms with Crippen LogP contribution < -0.4 is 18.9 Å². The van der Waals surface area contributed by atoms with E-state index < -0.39 is 59.4 Å². The van der Waals surface area contributed by atoms with Gasteiger partial charge in [0.15, 0.2) is 11.2 Å². The van der Waals surface area contributed by atoms with E-state index in [1.165, 1.54) is 41.6 Å². The average molecular weight is 711 g/mol. The first kappa shape index (κ1) is 36.8. The van der Waals surface area contributed by atoms with Crippen LogP contribution in [0.4, 0.5) is 0 Å². The maximum atomic E-state index is 13.6. The predicted molar refractivity (Wildman–Crippen MR) is 181 cm³/mol. The topological polar surface area (TPSA) is 161 Å². The predicted octanol–water partition coefficient (Wildman–Crippen LogP) is 3.40. The molecule has 1 aliphatic carbocycles. The van der Waals surface area contributed by atoms with Crippen molar-refractivity contribution in [1.82, 2.24) is 0 Å². The molecule has 0 radical (unpaired) electrons. The fourth-order valence-corrected chi connectivity index (χ4v) is 8.21. The van der Waals surface area contributed by atoms with Crippen LogP contribution in [0, 0.1) is 5.92 Å². The lowest BCUT2D eigenvalue weighted by atomic mass is 9.70. The van der Waals surface area contributed by atoms with Crippen molar-refractivity contribution in [2.75, 3.05) is 48.8 Å². The molecular formula is C38H46O13. The number of aliphatic hydroxyl groups is 3. The standard InChI is InChI=1S/C38H46O13/c1-7-17-36(28(20-39)45-4)21-48-34(47-6)35(51-36)49-25-18-26(44-3)31-27(19-25)50-38(23-13-15-24(43-2)16-14-23)30(22-11-9-8-10-12-22)29(33(41)46-5)32(40)37(31,38)42/h8-16,18-19,28-30,32,34-35,39-40,42H,7,17,20-21H2,1-6H3/t28-,29-,30-,32-,34-,35-,36-,37+,38+/m1/s1. The molecule has 276 valence electrons. The summed E-state index contributed by atoms with van der Waals surface area (Å²) in [5, 5.41) is 35.5. The van der Waals surface area contributed by atoms with Gasteiger partial charge in [0.05, 0.1) is 46.0 Å². The van der Waals surface area contributed by atoms with E-state index in [2.05, 4.69) is 0 Å². The number of methoxy groups -OCH3 is 5. The Morgan fingerprint density at radius 2 is 1.69 bits per heavy atom. The summed E-state index contributed by atoms with van der Waals surface area (Å²) in [7, 11) is 7.15. The van der Waals surface area contributed by atoms with Crippen molar-refractivity contribution >= 4 is 5.97 Å². The fourth-order valence-electron chi connectivity index (χ4n) is 8.21. The number of esters is 1. The van der Waals surface area contributed by atoms with Gasteiger partial charge in [-0.25, -0.2) is 0 Å². The van der Waals surface area contributed by atoms with Crippen molar-refractivity contribution in [1.29, 1.82) is 0 Å². The highest BCUT2D eigenvalue weighted by molar-refractivity contribution is 5.78. The summed E-state index contributed by atoms with van der Waals surface area (Å²) in [4.78, 5) is 13.6. The second kappa shape index (κ2) is 14.6. The van der Waals surface area contributed by atoms with E-state index in [1.807, 2.05) is 37.3 Å². The Hall–Kier alpha value is -3.95. The Morgan fingerprint density at radius 1 is 0.961 bits per heavy atom. The van der Waals surface area contributed by atoms with E-state index in [0.717, 1.165) is 0 Å². The van der Waals surface area contributed by atoms with Crippen LogP contribution in [0.25, 0.3) is 0 Å². The monoisotopic (exact) mass is 710 g/mol. The average Bonchev–Trinajstić information content (AvgIpc) is 3.53. The second-order valence-corrected chi connectivity index (χ2v) is 13.0. The first-order chi connectivity index (χ1) is 24.6. The van der Waals surface area contributed by atoms with Crippen LogP contribution in [0.3, 0.4) is 0 Å². The van der Waals surface area contributed by atoms with E-state index in [0.29, 0.717) is 29.7 Å². The SMILES string of the molecule is CCC[C@]1([C@@H](CO)OC)CO[C@@H](OC)[C@H](Oc2cc(OC)c3c(c2)O[C@@]2(c4ccc(OC)cc4)[C@H](c4ccccc4)[C@@H](C(=O)OC)[C@@H](O)[C@@]32O)O1. The van der Waals surface area contributed by atoms with Gasteiger partial charge < -0.3 is 58.0 Å². The van der Waals surface area contributed by atoms with Gasteiger partial charge in [-0.3, -0.25) is 4.79 Å². The number of fused-ring (bicyclic) bond motifs is 3. The molecule has 51 heavy (non-hydrogen) atoms. The number of rotatable bonds is 13. The van der Waals surface area contributed by atoms with Crippen molar-refractivity contribution < 1.29 is 62.7 Å². The van der Waals surface area contributed by atoms with Crippen molar-refractivity contribution in [3.63, 3.8) is 0 Å². The van der Waals surface area contributed by atoms with Crippen LogP contribution in [0.15, 0.2) is 66.7 Å². The third-order valence-corrected chi connectivity index (χ3v) is 10.5. The van der Waals surface area contributed by atoms with Crippen LogP contribution in [0.5, 0.6) is 23.0 Å². The molecule has 6 rings (SSSR count). The van der Waals surface area contributed by atoms with Crippen LogP contribution in [-0.2, 0) is 39.7 Å². The molecule has 2 aliphatic heterocycles. The summed E-state index contributed by atoms with van der Waals surface area (Å²) in [6, 6.07) is 19.1. The van der Waals surface area contributed by atoms with Gasteiger partial charge in [-0.1, -0.05) is 55.8 Å². The summed E-state index contributed by atoms with van der Waals surface area (Å²) in [6.07, 6.45) is -3.31. The maximum absolute atomic E-state index is 13.6. The minimum Gasteiger partial charge on any atom is -0.497 e. The van der Waals surface area contributed by atoms with E-state index in [9.17, 15) is 20.1 Å². The first-order valence-corrected chi connectivity index (χ1v) is 16.8. The van der Waals surface area contributed by atoms with E-state index in [4.69, 9.17) is 42.6 Å². The molecule has 3 N–H and O–H groups in total. The molecular weight excluding hydrogens is 664 g/mol. The van der Waals surface area contributed by atoms with E-state index in [-0.39, 0.29) is 36.0 Å². The van der Waals surface area contributed by atoms with Crippen LogP contribution in [0.1, 0.15) is 42.4 Å². The number of hydrogen-bond acceptors (Lipinski definition) is 13. The number of hydrogen-bond donors (Lipinski definition) is 3. The lowest BCUT2D eigenvalue weighted by Crippen LogP contribution is -2.61. The second-order valence-electron chi connectivity index (χ2n) is 13.0. The number of ether oxygens (including phenoxy) is 9. The highest BCUT2D eigenvalue weighted by Crippen LogP contribution is 2.70. The highest BCUT2D eigenvalue weighted by atomic mass is 16.8. The number of aliphatic hydroxyl groups excluding tert-OH is 2. The Bertz CT molecular complexity index is 1660. The van der Waals surface area contributed by atoms with Gasteiger partial charge in [0.1, 0.15) is 40.8 Å². The molecule has 1 saturated carbocycles. The van der Waals surface area contributed by atoms with Crippen LogP contribution >= 0.6 is 0 Å². The lowest BCUT2D eigenvalue weighted by Gasteiger charge is -2.46. The van der Waals surface area contributed by atoms with Crippen LogP contribution in [-0.4, -0.2) is 100 Å². The molecule has 2 fully saturated rings. The molecule has 9 atom stereocenters. The summed E-state index contributed by atoms with van der Waals surface area (Å²) >= 11 is 0. The van der Waals surface area contributed by atoms with E-state index >= 15 is 0 Å². The summed E-state index contributed by atoms with van der Waals surface area (Å²) < 4.78 is 53.6. The molecule has 1 saturated heterocycles. The summed E-state index contributed by atoms with van der Waals surface area (Å²) in [6.45, 7) is 1.76. The zero-order valence-corrected chi connectivity index (χ0v) is 29.6. The molecule has 3 aromatic carbocycles.